The molecule has 2 aromatic rings. The summed E-state index contributed by atoms with van der Waals surface area (Å²) in [6.07, 6.45) is 1.86. The van der Waals surface area contributed by atoms with Gasteiger partial charge in [-0.15, -0.1) is 0 Å². The quantitative estimate of drug-likeness (QED) is 0.824. The lowest BCUT2D eigenvalue weighted by Gasteiger charge is -2.22. The summed E-state index contributed by atoms with van der Waals surface area (Å²) in [6.45, 7) is 8.51. The molecule has 4 nitrogen and oxygen atoms in total. The molecular weight excluding hydrogens is 302 g/mol. The van der Waals surface area contributed by atoms with Gasteiger partial charge < -0.3 is 19.8 Å². The summed E-state index contributed by atoms with van der Waals surface area (Å²) in [5.41, 5.74) is 4.26. The fraction of sp³-hybridized carbons (Fsp3) is 0.200. The highest BCUT2D eigenvalue weighted by Gasteiger charge is 2.18. The number of ether oxygens (including phenoxy) is 1. The summed E-state index contributed by atoms with van der Waals surface area (Å²) >= 11 is 0. The van der Waals surface area contributed by atoms with Crippen LogP contribution in [0.3, 0.4) is 0 Å². The lowest BCUT2D eigenvalue weighted by molar-refractivity contribution is 0.361. The molecule has 2 aliphatic rings. The molecule has 24 heavy (non-hydrogen) atoms. The Morgan fingerprint density at radius 3 is 2.29 bits per heavy atom. The first-order chi connectivity index (χ1) is 11.6. The van der Waals surface area contributed by atoms with Crippen molar-refractivity contribution in [2.75, 3.05) is 19.7 Å². The zero-order chi connectivity index (χ0) is 17.1. The van der Waals surface area contributed by atoms with Crippen molar-refractivity contribution in [3.63, 3.8) is 0 Å². The Bertz CT molecular complexity index is 774. The number of nitrogens with zero attached hydrogens (tertiary/aromatic N) is 1. The molecule has 2 aromatic carbocycles. The van der Waals surface area contributed by atoms with Gasteiger partial charge in [0.1, 0.15) is 23.9 Å². The fourth-order valence-corrected chi connectivity index (χ4v) is 2.56. The van der Waals surface area contributed by atoms with Crippen LogP contribution in [0.15, 0.2) is 55.2 Å². The number of rotatable bonds is 2. The van der Waals surface area contributed by atoms with Crippen LogP contribution in [0.25, 0.3) is 11.1 Å². The number of phenolic OH excluding ortho intramolecular Hbond substituents is 2. The van der Waals surface area contributed by atoms with Crippen molar-refractivity contribution in [3.05, 3.63) is 66.4 Å². The highest BCUT2D eigenvalue weighted by atomic mass is 16.5. The van der Waals surface area contributed by atoms with E-state index in [1.54, 1.807) is 24.3 Å². The first-order valence-corrected chi connectivity index (χ1v) is 7.90. The van der Waals surface area contributed by atoms with Crippen LogP contribution in [0.4, 0.5) is 0 Å². The molecule has 1 saturated heterocycles. The molecular formula is C20H21NO3. The number of aromatic hydroxyl groups is 2. The van der Waals surface area contributed by atoms with Crippen molar-refractivity contribution in [2.45, 2.75) is 6.92 Å². The predicted molar refractivity (Wildman–Crippen MR) is 96.0 cm³/mol. The number of hydrogen-bond acceptors (Lipinski definition) is 4. The SMILES string of the molecule is C=CN1CC1.CC1=C(c2ccc(O)cc2)COc2cc(O)ccc21. The number of allylic oxidation sites excluding steroid dienone is 1. The lowest BCUT2D eigenvalue weighted by atomic mass is 9.93. The second-order valence-electron chi connectivity index (χ2n) is 5.84. The highest BCUT2D eigenvalue weighted by Crippen LogP contribution is 2.38. The van der Waals surface area contributed by atoms with Gasteiger partial charge in [-0.3, -0.25) is 0 Å². The van der Waals surface area contributed by atoms with Gasteiger partial charge in [-0.25, -0.2) is 0 Å². The summed E-state index contributed by atoms with van der Waals surface area (Å²) in [7, 11) is 0. The number of fused-ring (bicyclic) bond motifs is 1. The van der Waals surface area contributed by atoms with Gasteiger partial charge in [0.15, 0.2) is 0 Å². The fourth-order valence-electron chi connectivity index (χ4n) is 2.56. The zero-order valence-electron chi connectivity index (χ0n) is 13.7. The molecule has 0 spiro atoms. The first-order valence-electron chi connectivity index (χ1n) is 7.90. The Labute approximate surface area is 141 Å². The molecule has 0 bridgehead atoms. The Hall–Kier alpha value is -2.88. The van der Waals surface area contributed by atoms with Crippen molar-refractivity contribution in [1.29, 1.82) is 0 Å². The topological polar surface area (TPSA) is 52.7 Å². The van der Waals surface area contributed by atoms with Gasteiger partial charge in [0.25, 0.3) is 0 Å². The van der Waals surface area contributed by atoms with Crippen molar-refractivity contribution in [2.24, 2.45) is 0 Å². The van der Waals surface area contributed by atoms with E-state index < -0.39 is 0 Å². The van der Waals surface area contributed by atoms with Gasteiger partial charge in [-0.1, -0.05) is 18.7 Å². The van der Waals surface area contributed by atoms with Crippen LogP contribution in [0.5, 0.6) is 17.2 Å². The molecule has 124 valence electrons. The minimum absolute atomic E-state index is 0.208. The van der Waals surface area contributed by atoms with Crippen molar-refractivity contribution >= 4 is 11.1 Å². The van der Waals surface area contributed by atoms with E-state index in [4.69, 9.17) is 4.74 Å². The number of hydrogen-bond donors (Lipinski definition) is 2. The second-order valence-corrected chi connectivity index (χ2v) is 5.84. The number of phenols is 2. The van der Waals surface area contributed by atoms with Gasteiger partial charge in [0, 0.05) is 30.3 Å². The predicted octanol–water partition coefficient (Wildman–Crippen LogP) is 3.87. The van der Waals surface area contributed by atoms with E-state index >= 15 is 0 Å². The Balaban J connectivity index is 0.000000290. The van der Waals surface area contributed by atoms with E-state index in [1.165, 1.54) is 13.1 Å². The molecule has 0 amide bonds. The summed E-state index contributed by atoms with van der Waals surface area (Å²) in [5.74, 6) is 1.17. The average molecular weight is 323 g/mol. The maximum Gasteiger partial charge on any atom is 0.130 e. The lowest BCUT2D eigenvalue weighted by Crippen LogP contribution is -2.09. The largest absolute Gasteiger partial charge is 0.508 e. The van der Waals surface area contributed by atoms with Crippen molar-refractivity contribution in [3.8, 4) is 17.2 Å². The molecule has 2 aliphatic heterocycles. The molecule has 4 heteroatoms. The standard InChI is InChI=1S/C16H14O3.C4H7N/c1-10-14-7-6-13(18)8-16(14)19-9-15(10)11-2-4-12(17)5-3-11;1-2-5-3-4-5/h2-8,17-18H,9H2,1H3;2H,1,3-4H2. The molecule has 0 aliphatic carbocycles. The third-order valence-corrected chi connectivity index (χ3v) is 4.15. The van der Waals surface area contributed by atoms with E-state index in [0.29, 0.717) is 12.4 Å². The van der Waals surface area contributed by atoms with Gasteiger partial charge in [-0.05, 0) is 48.5 Å². The molecule has 0 saturated carbocycles. The van der Waals surface area contributed by atoms with Gasteiger partial charge in [0.2, 0.25) is 0 Å². The number of benzene rings is 2. The van der Waals surface area contributed by atoms with E-state index in [0.717, 1.165) is 22.3 Å². The van der Waals surface area contributed by atoms with Gasteiger partial charge in [0.05, 0.1) is 0 Å². The molecule has 0 radical (unpaired) electrons. The second kappa shape index (κ2) is 6.71. The van der Waals surface area contributed by atoms with Crippen LogP contribution >= 0.6 is 0 Å². The van der Waals surface area contributed by atoms with E-state index in [-0.39, 0.29) is 11.5 Å². The monoisotopic (exact) mass is 323 g/mol. The van der Waals surface area contributed by atoms with Crippen LogP contribution in [0.2, 0.25) is 0 Å². The summed E-state index contributed by atoms with van der Waals surface area (Å²) in [6, 6.07) is 12.2. The zero-order valence-corrected chi connectivity index (χ0v) is 13.7. The van der Waals surface area contributed by atoms with E-state index in [9.17, 15) is 10.2 Å². The summed E-state index contributed by atoms with van der Waals surface area (Å²) < 4.78 is 5.69. The molecule has 0 aromatic heterocycles. The normalized spacial score (nSPS) is 15.0. The first kappa shape index (κ1) is 16.0. The molecule has 4 rings (SSSR count). The maximum atomic E-state index is 9.46. The Morgan fingerprint density at radius 2 is 1.71 bits per heavy atom. The Kier molecular flexibility index (Phi) is 4.47. The molecule has 2 N–H and O–H groups in total. The third kappa shape index (κ3) is 3.54. The van der Waals surface area contributed by atoms with Gasteiger partial charge >= 0.3 is 0 Å². The third-order valence-electron chi connectivity index (χ3n) is 4.15. The molecule has 2 heterocycles. The van der Waals surface area contributed by atoms with Crippen LogP contribution in [0.1, 0.15) is 18.1 Å². The van der Waals surface area contributed by atoms with Gasteiger partial charge in [-0.2, -0.15) is 0 Å². The van der Waals surface area contributed by atoms with Crippen LogP contribution < -0.4 is 4.74 Å². The summed E-state index contributed by atoms with van der Waals surface area (Å²) in [5, 5.41) is 18.8. The van der Waals surface area contributed by atoms with Crippen molar-refractivity contribution in [1.82, 2.24) is 4.90 Å². The van der Waals surface area contributed by atoms with Crippen molar-refractivity contribution < 1.29 is 14.9 Å². The Morgan fingerprint density at radius 1 is 1.04 bits per heavy atom. The van der Waals surface area contributed by atoms with Crippen LogP contribution in [0, 0.1) is 0 Å². The summed E-state index contributed by atoms with van der Waals surface area (Å²) in [4.78, 5) is 2.14. The molecule has 0 atom stereocenters. The minimum Gasteiger partial charge on any atom is -0.508 e. The molecule has 1 fully saturated rings. The highest BCUT2D eigenvalue weighted by molar-refractivity contribution is 5.93. The van der Waals surface area contributed by atoms with E-state index in [2.05, 4.69) is 11.5 Å². The maximum absolute atomic E-state index is 9.46. The smallest absolute Gasteiger partial charge is 0.130 e. The van der Waals surface area contributed by atoms with Crippen LogP contribution in [-0.4, -0.2) is 34.8 Å². The molecule has 0 unspecified atom stereocenters. The minimum atomic E-state index is 0.208. The van der Waals surface area contributed by atoms with Crippen LogP contribution in [-0.2, 0) is 0 Å². The average Bonchev–Trinajstić information content (AvgIpc) is 3.41. The van der Waals surface area contributed by atoms with E-state index in [1.807, 2.05) is 31.3 Å².